The van der Waals surface area contributed by atoms with Gasteiger partial charge in [0.15, 0.2) is 10.3 Å². The number of nitrogens with zero attached hydrogens (tertiary/aromatic N) is 3. The molecule has 0 aliphatic rings. The van der Waals surface area contributed by atoms with Crippen molar-refractivity contribution >= 4 is 46.6 Å². The number of hydrogen-bond donors (Lipinski definition) is 1. The van der Waals surface area contributed by atoms with E-state index >= 15 is 0 Å². The maximum absolute atomic E-state index is 5.82. The van der Waals surface area contributed by atoms with Gasteiger partial charge in [-0.05, 0) is 19.1 Å². The standard InChI is InChI=1S/C10H9Cl3N4/c1-2-17-5-3-4-6(17)14-10-15-8(12)7(11)9(13)16-10/h3-5H,2H2,1H3,(H,14,15,16). The third kappa shape index (κ3) is 2.65. The summed E-state index contributed by atoms with van der Waals surface area (Å²) in [7, 11) is 0. The van der Waals surface area contributed by atoms with E-state index in [1.165, 1.54) is 0 Å². The summed E-state index contributed by atoms with van der Waals surface area (Å²) in [6.45, 7) is 2.87. The number of anilines is 2. The number of hydrogen-bond acceptors (Lipinski definition) is 3. The number of rotatable bonds is 3. The summed E-state index contributed by atoms with van der Waals surface area (Å²) >= 11 is 17.4. The maximum Gasteiger partial charge on any atom is 0.231 e. The Hall–Kier alpha value is -0.970. The molecule has 4 nitrogen and oxygen atoms in total. The molecule has 0 unspecified atom stereocenters. The summed E-state index contributed by atoms with van der Waals surface area (Å²) in [5.74, 6) is 1.18. The minimum Gasteiger partial charge on any atom is -0.335 e. The molecule has 0 amide bonds. The van der Waals surface area contributed by atoms with Crippen LogP contribution >= 0.6 is 34.8 Å². The van der Waals surface area contributed by atoms with E-state index in [1.54, 1.807) is 0 Å². The van der Waals surface area contributed by atoms with Crippen LogP contribution < -0.4 is 5.32 Å². The van der Waals surface area contributed by atoms with E-state index in [2.05, 4.69) is 15.3 Å². The molecular weight excluding hydrogens is 282 g/mol. The van der Waals surface area contributed by atoms with Crippen LogP contribution in [0.4, 0.5) is 11.8 Å². The first kappa shape index (κ1) is 12.5. The zero-order chi connectivity index (χ0) is 12.4. The van der Waals surface area contributed by atoms with E-state index in [0.29, 0.717) is 5.95 Å². The zero-order valence-corrected chi connectivity index (χ0v) is 11.2. The molecule has 2 aromatic rings. The van der Waals surface area contributed by atoms with Gasteiger partial charge in [-0.15, -0.1) is 0 Å². The molecule has 0 spiro atoms. The second-order valence-electron chi connectivity index (χ2n) is 3.25. The molecule has 0 bridgehead atoms. The van der Waals surface area contributed by atoms with Gasteiger partial charge in [0, 0.05) is 12.7 Å². The summed E-state index contributed by atoms with van der Waals surface area (Å²) in [6, 6.07) is 3.83. The molecule has 0 radical (unpaired) electrons. The van der Waals surface area contributed by atoms with Gasteiger partial charge in [0.1, 0.15) is 10.8 Å². The molecule has 0 fully saturated rings. The average molecular weight is 292 g/mol. The lowest BCUT2D eigenvalue weighted by molar-refractivity contribution is 0.776. The van der Waals surface area contributed by atoms with Crippen molar-refractivity contribution in [2.75, 3.05) is 5.32 Å². The highest BCUT2D eigenvalue weighted by atomic mass is 35.5. The van der Waals surface area contributed by atoms with Gasteiger partial charge >= 0.3 is 0 Å². The van der Waals surface area contributed by atoms with Gasteiger partial charge in [0.2, 0.25) is 5.95 Å². The summed E-state index contributed by atoms with van der Waals surface area (Å²) in [4.78, 5) is 7.99. The Balaban J connectivity index is 2.31. The van der Waals surface area contributed by atoms with Gasteiger partial charge in [-0.1, -0.05) is 34.8 Å². The molecule has 0 atom stereocenters. The minimum atomic E-state index is 0.128. The molecular formula is C10H9Cl3N4. The van der Waals surface area contributed by atoms with Crippen LogP contribution in [0.15, 0.2) is 18.3 Å². The molecule has 7 heteroatoms. The smallest absolute Gasteiger partial charge is 0.231 e. The van der Waals surface area contributed by atoms with Crippen molar-refractivity contribution in [3.05, 3.63) is 33.7 Å². The quantitative estimate of drug-likeness (QED) is 0.869. The van der Waals surface area contributed by atoms with E-state index in [-0.39, 0.29) is 15.3 Å². The molecule has 2 rings (SSSR count). The fraction of sp³-hybridized carbons (Fsp3) is 0.200. The van der Waals surface area contributed by atoms with Crippen LogP contribution in [-0.4, -0.2) is 14.5 Å². The Bertz CT molecular complexity index is 515. The molecule has 2 heterocycles. The summed E-state index contributed by atoms with van der Waals surface area (Å²) in [6.07, 6.45) is 1.95. The Morgan fingerprint density at radius 3 is 2.47 bits per heavy atom. The van der Waals surface area contributed by atoms with Crippen molar-refractivity contribution in [3.63, 3.8) is 0 Å². The van der Waals surface area contributed by atoms with Gasteiger partial charge < -0.3 is 9.88 Å². The van der Waals surface area contributed by atoms with E-state index < -0.39 is 0 Å². The number of nitrogens with one attached hydrogen (secondary N) is 1. The fourth-order valence-electron chi connectivity index (χ4n) is 1.37. The van der Waals surface area contributed by atoms with Crippen molar-refractivity contribution in [3.8, 4) is 0 Å². The topological polar surface area (TPSA) is 42.7 Å². The largest absolute Gasteiger partial charge is 0.335 e. The van der Waals surface area contributed by atoms with Gasteiger partial charge in [-0.3, -0.25) is 0 Å². The van der Waals surface area contributed by atoms with Crippen molar-refractivity contribution in [2.45, 2.75) is 13.5 Å². The lowest BCUT2D eigenvalue weighted by Gasteiger charge is -2.09. The normalized spacial score (nSPS) is 10.6. The maximum atomic E-state index is 5.82. The number of aromatic nitrogens is 3. The lowest BCUT2D eigenvalue weighted by atomic mass is 10.6. The third-order valence-electron chi connectivity index (χ3n) is 2.18. The van der Waals surface area contributed by atoms with Crippen LogP contribution in [0.25, 0.3) is 0 Å². The van der Waals surface area contributed by atoms with Crippen LogP contribution in [0.1, 0.15) is 6.92 Å². The van der Waals surface area contributed by atoms with Crippen LogP contribution in [0.3, 0.4) is 0 Å². The molecule has 90 valence electrons. The van der Waals surface area contributed by atoms with Gasteiger partial charge in [-0.25, -0.2) is 0 Å². The zero-order valence-electron chi connectivity index (χ0n) is 8.91. The molecule has 0 aliphatic carbocycles. The van der Waals surface area contributed by atoms with Crippen molar-refractivity contribution < 1.29 is 0 Å². The highest BCUT2D eigenvalue weighted by molar-refractivity contribution is 6.46. The van der Waals surface area contributed by atoms with Crippen molar-refractivity contribution in [1.82, 2.24) is 14.5 Å². The first-order valence-electron chi connectivity index (χ1n) is 4.92. The Kier molecular flexibility index (Phi) is 3.76. The van der Waals surface area contributed by atoms with E-state index in [9.17, 15) is 0 Å². The van der Waals surface area contributed by atoms with Crippen LogP contribution in [0.5, 0.6) is 0 Å². The number of aryl methyl sites for hydroxylation is 1. The predicted molar refractivity (Wildman–Crippen MR) is 70.5 cm³/mol. The van der Waals surface area contributed by atoms with Crippen LogP contribution in [-0.2, 0) is 6.54 Å². The molecule has 0 saturated heterocycles. The second kappa shape index (κ2) is 5.12. The SMILES string of the molecule is CCn1cccc1Nc1nc(Cl)c(Cl)c(Cl)n1. The van der Waals surface area contributed by atoms with E-state index in [0.717, 1.165) is 12.4 Å². The van der Waals surface area contributed by atoms with Crippen molar-refractivity contribution in [1.29, 1.82) is 0 Å². The number of halogens is 3. The first-order valence-corrected chi connectivity index (χ1v) is 6.06. The Morgan fingerprint density at radius 2 is 1.88 bits per heavy atom. The third-order valence-corrected chi connectivity index (χ3v) is 3.28. The molecule has 17 heavy (non-hydrogen) atoms. The van der Waals surface area contributed by atoms with Crippen LogP contribution in [0, 0.1) is 0 Å². The molecule has 0 aliphatic heterocycles. The summed E-state index contributed by atoms with van der Waals surface area (Å²) in [5.41, 5.74) is 0. The second-order valence-corrected chi connectivity index (χ2v) is 4.34. The molecule has 1 N–H and O–H groups in total. The minimum absolute atomic E-state index is 0.128. The van der Waals surface area contributed by atoms with E-state index in [1.807, 2.05) is 29.8 Å². The Labute approximate surface area is 114 Å². The van der Waals surface area contributed by atoms with Gasteiger partial charge in [-0.2, -0.15) is 9.97 Å². The summed E-state index contributed by atoms with van der Waals surface area (Å²) in [5, 5.41) is 3.44. The molecule has 0 aromatic carbocycles. The van der Waals surface area contributed by atoms with Crippen LogP contribution in [0.2, 0.25) is 15.3 Å². The fourth-order valence-corrected chi connectivity index (χ4v) is 1.84. The first-order chi connectivity index (χ1) is 8.11. The van der Waals surface area contributed by atoms with Crippen molar-refractivity contribution in [2.24, 2.45) is 0 Å². The summed E-state index contributed by atoms with van der Waals surface area (Å²) < 4.78 is 2.00. The highest BCUT2D eigenvalue weighted by Gasteiger charge is 2.10. The predicted octanol–water partition coefficient (Wildman–Crippen LogP) is 4.00. The molecule has 2 aromatic heterocycles. The lowest BCUT2D eigenvalue weighted by Crippen LogP contribution is -2.03. The molecule has 0 saturated carbocycles. The van der Waals surface area contributed by atoms with Gasteiger partial charge in [0.05, 0.1) is 0 Å². The van der Waals surface area contributed by atoms with Gasteiger partial charge in [0.25, 0.3) is 0 Å². The monoisotopic (exact) mass is 290 g/mol. The highest BCUT2D eigenvalue weighted by Crippen LogP contribution is 2.28. The average Bonchev–Trinajstić information content (AvgIpc) is 2.73. The van der Waals surface area contributed by atoms with E-state index in [4.69, 9.17) is 34.8 Å². The Morgan fingerprint density at radius 1 is 1.24 bits per heavy atom.